The predicted molar refractivity (Wildman–Crippen MR) is 149 cm³/mol. The summed E-state index contributed by atoms with van der Waals surface area (Å²) in [6, 6.07) is 17.1. The third-order valence-corrected chi connectivity index (χ3v) is 8.01. The molecule has 0 unspecified atom stereocenters. The van der Waals surface area contributed by atoms with Gasteiger partial charge in [0.05, 0.1) is 15.5 Å². The normalized spacial score (nSPS) is 14.8. The first kappa shape index (κ1) is 26.3. The third kappa shape index (κ3) is 5.66. The molecular weight excluding hydrogens is 534 g/mol. The molecule has 0 aromatic heterocycles. The van der Waals surface area contributed by atoms with Crippen molar-refractivity contribution < 1.29 is 22.3 Å². The zero-order valence-electron chi connectivity index (χ0n) is 19.9. The van der Waals surface area contributed by atoms with Gasteiger partial charge < -0.3 is 9.08 Å². The summed E-state index contributed by atoms with van der Waals surface area (Å²) in [5, 5.41) is 11.1. The second-order valence-corrected chi connectivity index (χ2v) is 11.5. The van der Waals surface area contributed by atoms with Crippen LogP contribution in [0, 0.1) is 17.0 Å². The zero-order chi connectivity index (χ0) is 26.9. The van der Waals surface area contributed by atoms with E-state index in [2.05, 4.69) is 0 Å². The summed E-state index contributed by atoms with van der Waals surface area (Å²) in [7, 11) is -0.432. The molecule has 1 amide bonds. The summed E-state index contributed by atoms with van der Waals surface area (Å²) in [4.78, 5) is 27.1. The van der Waals surface area contributed by atoms with Crippen molar-refractivity contribution in [3.63, 3.8) is 0 Å². The molecule has 1 fully saturated rings. The first-order valence-corrected chi connectivity index (χ1v) is 13.4. The van der Waals surface area contributed by atoms with Crippen LogP contribution < -0.4 is 14.0 Å². The SMILES string of the molecule is Cc1ccc(S(=O)(=O)Oc2ccc(/C=C3\SC(=S)N(c4ccc(N(C)C)cc4)C3=O)cc2)cc1[N+](=O)[O-]. The molecule has 0 bridgehead atoms. The molecule has 0 N–H and O–H groups in total. The van der Waals surface area contributed by atoms with Crippen LogP contribution in [-0.4, -0.2) is 37.7 Å². The molecule has 0 saturated carbocycles. The van der Waals surface area contributed by atoms with Gasteiger partial charge in [-0.2, -0.15) is 8.42 Å². The second kappa shape index (κ2) is 10.3. The van der Waals surface area contributed by atoms with Crippen molar-refractivity contribution in [1.29, 1.82) is 0 Å². The molecule has 190 valence electrons. The van der Waals surface area contributed by atoms with Gasteiger partial charge in [0.1, 0.15) is 10.6 Å². The van der Waals surface area contributed by atoms with Gasteiger partial charge in [-0.05, 0) is 61.0 Å². The van der Waals surface area contributed by atoms with Gasteiger partial charge in [-0.15, -0.1) is 0 Å². The molecule has 1 aliphatic rings. The minimum Gasteiger partial charge on any atom is -0.379 e. The van der Waals surface area contributed by atoms with Gasteiger partial charge in [0.2, 0.25) is 0 Å². The lowest BCUT2D eigenvalue weighted by Crippen LogP contribution is -2.27. The lowest BCUT2D eigenvalue weighted by Gasteiger charge is -2.17. The van der Waals surface area contributed by atoms with E-state index in [1.165, 1.54) is 47.9 Å². The number of hydrogen-bond donors (Lipinski definition) is 0. The van der Waals surface area contributed by atoms with Gasteiger partial charge in [-0.25, -0.2) is 0 Å². The molecule has 9 nitrogen and oxygen atoms in total. The van der Waals surface area contributed by atoms with Crippen LogP contribution in [0.15, 0.2) is 76.5 Å². The summed E-state index contributed by atoms with van der Waals surface area (Å²) in [6.45, 7) is 1.52. The molecule has 4 rings (SSSR count). The highest BCUT2D eigenvalue weighted by Gasteiger charge is 2.33. The van der Waals surface area contributed by atoms with E-state index < -0.39 is 15.0 Å². The van der Waals surface area contributed by atoms with E-state index >= 15 is 0 Å². The molecule has 0 radical (unpaired) electrons. The highest BCUT2D eigenvalue weighted by molar-refractivity contribution is 8.27. The van der Waals surface area contributed by atoms with Gasteiger partial charge in [0, 0.05) is 31.4 Å². The van der Waals surface area contributed by atoms with Crippen molar-refractivity contribution in [3.8, 4) is 5.75 Å². The van der Waals surface area contributed by atoms with Crippen LogP contribution in [0.5, 0.6) is 5.75 Å². The molecule has 1 aliphatic heterocycles. The van der Waals surface area contributed by atoms with Crippen molar-refractivity contribution in [2.24, 2.45) is 0 Å². The number of hydrogen-bond acceptors (Lipinski definition) is 9. The van der Waals surface area contributed by atoms with Gasteiger partial charge in [0.25, 0.3) is 11.6 Å². The molecule has 1 saturated heterocycles. The number of nitro benzene ring substituents is 1. The fraction of sp³-hybridized carbons (Fsp3) is 0.120. The molecular formula is C25H21N3O6S3. The van der Waals surface area contributed by atoms with E-state index in [1.54, 1.807) is 18.2 Å². The number of thiocarbonyl (C=S) groups is 1. The van der Waals surface area contributed by atoms with E-state index in [-0.39, 0.29) is 22.2 Å². The summed E-state index contributed by atoms with van der Waals surface area (Å²) in [5.41, 5.74) is 2.32. The first-order valence-electron chi connectivity index (χ1n) is 10.8. The Labute approximate surface area is 223 Å². The van der Waals surface area contributed by atoms with Crippen LogP contribution in [0.2, 0.25) is 0 Å². The van der Waals surface area contributed by atoms with Crippen LogP contribution in [0.25, 0.3) is 6.08 Å². The Morgan fingerprint density at radius 1 is 1.05 bits per heavy atom. The van der Waals surface area contributed by atoms with Crippen LogP contribution in [0.4, 0.5) is 17.1 Å². The Balaban J connectivity index is 1.50. The Bertz CT molecular complexity index is 1530. The van der Waals surface area contributed by atoms with E-state index in [0.29, 0.717) is 26.0 Å². The number of anilines is 2. The second-order valence-electron chi connectivity index (χ2n) is 8.24. The fourth-order valence-corrected chi connectivity index (χ4v) is 5.73. The van der Waals surface area contributed by atoms with Crippen molar-refractivity contribution in [1.82, 2.24) is 0 Å². The molecule has 0 atom stereocenters. The average molecular weight is 556 g/mol. The van der Waals surface area contributed by atoms with Crippen molar-refractivity contribution in [3.05, 3.63) is 92.9 Å². The van der Waals surface area contributed by atoms with Gasteiger partial charge in [0.15, 0.2) is 4.32 Å². The van der Waals surface area contributed by atoms with Crippen molar-refractivity contribution in [2.45, 2.75) is 11.8 Å². The Morgan fingerprint density at radius 3 is 2.30 bits per heavy atom. The van der Waals surface area contributed by atoms with E-state index in [9.17, 15) is 23.3 Å². The molecule has 3 aromatic rings. The highest BCUT2D eigenvalue weighted by atomic mass is 32.2. The number of rotatable bonds is 7. The Morgan fingerprint density at radius 2 is 1.70 bits per heavy atom. The summed E-state index contributed by atoms with van der Waals surface area (Å²) in [5.74, 6) is -0.231. The molecule has 1 heterocycles. The molecule has 37 heavy (non-hydrogen) atoms. The van der Waals surface area contributed by atoms with Crippen LogP contribution >= 0.6 is 24.0 Å². The topological polar surface area (TPSA) is 110 Å². The Kier molecular flexibility index (Phi) is 7.35. The quantitative estimate of drug-likeness (QED) is 0.129. The number of thioether (sulfide) groups is 1. The minimum atomic E-state index is -4.29. The predicted octanol–water partition coefficient (Wildman–Crippen LogP) is 5.14. The number of nitrogens with zero attached hydrogens (tertiary/aromatic N) is 3. The van der Waals surface area contributed by atoms with Crippen molar-refractivity contribution >= 4 is 67.5 Å². The van der Waals surface area contributed by atoms with E-state index in [4.69, 9.17) is 16.4 Å². The summed E-state index contributed by atoms with van der Waals surface area (Å²) in [6.07, 6.45) is 1.66. The first-order chi connectivity index (χ1) is 17.5. The zero-order valence-corrected chi connectivity index (χ0v) is 22.4. The number of amides is 1. The molecule has 3 aromatic carbocycles. The van der Waals surface area contributed by atoms with Gasteiger partial charge in [-0.3, -0.25) is 19.8 Å². The highest BCUT2D eigenvalue weighted by Crippen LogP contribution is 2.36. The fourth-order valence-electron chi connectivity index (χ4n) is 3.48. The third-order valence-electron chi connectivity index (χ3n) is 5.47. The molecule has 12 heteroatoms. The summed E-state index contributed by atoms with van der Waals surface area (Å²) >= 11 is 6.60. The number of benzene rings is 3. The number of carbonyl (C=O) groups excluding carboxylic acids is 1. The number of carbonyl (C=O) groups is 1. The van der Waals surface area contributed by atoms with Crippen LogP contribution in [0.3, 0.4) is 0 Å². The lowest BCUT2D eigenvalue weighted by atomic mass is 10.2. The number of aryl methyl sites for hydroxylation is 1. The van der Waals surface area contributed by atoms with E-state index in [0.717, 1.165) is 11.8 Å². The minimum absolute atomic E-state index is 0.0221. The van der Waals surface area contributed by atoms with Gasteiger partial charge in [-0.1, -0.05) is 42.2 Å². The maximum atomic E-state index is 13.0. The monoisotopic (exact) mass is 555 g/mol. The summed E-state index contributed by atoms with van der Waals surface area (Å²) < 4.78 is 30.8. The Hall–Kier alpha value is -3.74. The maximum absolute atomic E-state index is 13.0. The van der Waals surface area contributed by atoms with Crippen LogP contribution in [0.1, 0.15) is 11.1 Å². The van der Waals surface area contributed by atoms with Gasteiger partial charge >= 0.3 is 10.1 Å². The molecule has 0 aliphatic carbocycles. The van der Waals surface area contributed by atoms with Crippen molar-refractivity contribution in [2.75, 3.05) is 23.9 Å². The largest absolute Gasteiger partial charge is 0.379 e. The van der Waals surface area contributed by atoms with E-state index in [1.807, 2.05) is 43.3 Å². The average Bonchev–Trinajstić information content (AvgIpc) is 3.12. The number of nitro groups is 1. The molecule has 0 spiro atoms. The van der Waals surface area contributed by atoms with Crippen LogP contribution in [-0.2, 0) is 14.9 Å². The lowest BCUT2D eigenvalue weighted by molar-refractivity contribution is -0.385. The maximum Gasteiger partial charge on any atom is 0.339 e. The smallest absolute Gasteiger partial charge is 0.339 e. The standard InChI is InChI=1S/C25H21N3O6S3/c1-16-4-13-21(15-22(16)28(30)31)37(32,33)34-20-11-5-17(6-12-20)14-23-24(29)27(25(35)36-23)19-9-7-18(8-10-19)26(2)3/h4-15H,1-3H3/b23-14-.